The number of methoxy groups -OCH3 is 2. The van der Waals surface area contributed by atoms with Gasteiger partial charge >= 0.3 is 11.9 Å². The summed E-state index contributed by atoms with van der Waals surface area (Å²) in [6, 6.07) is 1.23. The molecule has 0 aliphatic carbocycles. The van der Waals surface area contributed by atoms with Crippen LogP contribution in [-0.2, 0) is 19.1 Å². The second-order valence-electron chi connectivity index (χ2n) is 3.24. The van der Waals surface area contributed by atoms with Gasteiger partial charge < -0.3 is 19.7 Å². The zero-order valence-electron chi connectivity index (χ0n) is 9.41. The second-order valence-corrected chi connectivity index (χ2v) is 3.24. The molecule has 17 heavy (non-hydrogen) atoms. The average molecular weight is 243 g/mol. The van der Waals surface area contributed by atoms with Crippen LogP contribution >= 0.6 is 0 Å². The molecule has 0 radical (unpaired) electrons. The van der Waals surface area contributed by atoms with Crippen LogP contribution in [0.2, 0.25) is 0 Å². The van der Waals surface area contributed by atoms with Crippen LogP contribution in [0.1, 0.15) is 12.5 Å². The number of rotatable bonds is 4. The van der Waals surface area contributed by atoms with E-state index in [-0.39, 0.29) is 18.2 Å². The Balaban J connectivity index is 3.06. The van der Waals surface area contributed by atoms with E-state index in [2.05, 4.69) is 9.47 Å². The molecule has 0 saturated heterocycles. The van der Waals surface area contributed by atoms with Crippen molar-refractivity contribution < 1.29 is 29.3 Å². The summed E-state index contributed by atoms with van der Waals surface area (Å²) >= 11 is 0. The zero-order chi connectivity index (χ0) is 13.0. The molecule has 0 fully saturated rings. The predicted octanol–water partition coefficient (Wildman–Crippen LogP) is 0.176. The predicted molar refractivity (Wildman–Crippen MR) is 55.4 cm³/mol. The molecule has 7 heteroatoms. The number of aromatic nitrogens is 1. The molecule has 1 unspecified atom stereocenters. The Morgan fingerprint density at radius 2 is 1.76 bits per heavy atom. The van der Waals surface area contributed by atoms with Crippen molar-refractivity contribution in [1.82, 2.24) is 4.57 Å². The quantitative estimate of drug-likeness (QED) is 0.732. The van der Waals surface area contributed by atoms with E-state index < -0.39 is 18.0 Å². The third kappa shape index (κ3) is 2.68. The Morgan fingerprint density at radius 1 is 1.24 bits per heavy atom. The van der Waals surface area contributed by atoms with Crippen LogP contribution in [0.3, 0.4) is 0 Å². The molecular formula is C10H13NO6. The molecule has 0 amide bonds. The summed E-state index contributed by atoms with van der Waals surface area (Å²) in [6.07, 6.45) is -0.348. The minimum atomic E-state index is -1.16. The van der Waals surface area contributed by atoms with Crippen LogP contribution in [0.4, 0.5) is 0 Å². The van der Waals surface area contributed by atoms with Gasteiger partial charge in [0.05, 0.1) is 20.6 Å². The van der Waals surface area contributed by atoms with Gasteiger partial charge in [0, 0.05) is 12.1 Å². The van der Waals surface area contributed by atoms with Gasteiger partial charge in [0.25, 0.3) is 0 Å². The van der Waals surface area contributed by atoms with Crippen LogP contribution in [-0.4, -0.2) is 40.9 Å². The summed E-state index contributed by atoms with van der Waals surface area (Å²) in [4.78, 5) is 22.6. The van der Waals surface area contributed by atoms with Crippen molar-refractivity contribution in [3.8, 4) is 11.8 Å². The van der Waals surface area contributed by atoms with E-state index in [1.165, 1.54) is 19.2 Å². The fraction of sp³-hybridized carbons (Fsp3) is 0.400. The lowest BCUT2D eigenvalue weighted by atomic mass is 10.2. The zero-order valence-corrected chi connectivity index (χ0v) is 9.41. The highest BCUT2D eigenvalue weighted by Gasteiger charge is 2.28. The van der Waals surface area contributed by atoms with Crippen LogP contribution in [0.25, 0.3) is 0 Å². The highest BCUT2D eigenvalue weighted by molar-refractivity contribution is 5.81. The Bertz CT molecular complexity index is 405. The number of hydrogen-bond acceptors (Lipinski definition) is 6. The maximum absolute atomic E-state index is 11.5. The van der Waals surface area contributed by atoms with Gasteiger partial charge in [-0.3, -0.25) is 9.36 Å². The van der Waals surface area contributed by atoms with Crippen LogP contribution < -0.4 is 0 Å². The van der Waals surface area contributed by atoms with Crippen molar-refractivity contribution in [2.45, 2.75) is 12.5 Å². The topological polar surface area (TPSA) is 98.0 Å². The highest BCUT2D eigenvalue weighted by Crippen LogP contribution is 2.29. The number of nitrogens with zero attached hydrogens (tertiary/aromatic N) is 1. The summed E-state index contributed by atoms with van der Waals surface area (Å²) in [5.74, 6) is -2.12. The Kier molecular flexibility index (Phi) is 3.97. The van der Waals surface area contributed by atoms with E-state index in [1.807, 2.05) is 0 Å². The molecule has 1 atom stereocenters. The van der Waals surface area contributed by atoms with Crippen LogP contribution in [0.5, 0.6) is 11.8 Å². The number of carbonyl (C=O) groups is 2. The summed E-state index contributed by atoms with van der Waals surface area (Å²) in [5, 5.41) is 18.9. The molecule has 0 spiro atoms. The van der Waals surface area contributed by atoms with Crippen molar-refractivity contribution in [2.24, 2.45) is 0 Å². The Morgan fingerprint density at radius 3 is 2.18 bits per heavy atom. The first-order valence-electron chi connectivity index (χ1n) is 4.75. The molecule has 1 aromatic rings. The van der Waals surface area contributed by atoms with E-state index in [1.54, 1.807) is 0 Å². The summed E-state index contributed by atoms with van der Waals surface area (Å²) in [5.41, 5.74) is 0. The third-order valence-electron chi connectivity index (χ3n) is 2.25. The standard InChI is InChI=1S/C10H13NO6/c1-16-9(14)5-6(10(15)17-2)11-7(12)3-4-8(11)13/h3-4,6,12-13H,5H2,1-2H3. The van der Waals surface area contributed by atoms with E-state index in [0.717, 1.165) is 11.7 Å². The number of esters is 2. The smallest absolute Gasteiger partial charge is 0.329 e. The van der Waals surface area contributed by atoms with Gasteiger partial charge in [0.2, 0.25) is 0 Å². The van der Waals surface area contributed by atoms with Gasteiger partial charge in [0.1, 0.15) is 6.04 Å². The fourth-order valence-electron chi connectivity index (χ4n) is 1.40. The lowest BCUT2D eigenvalue weighted by Crippen LogP contribution is -2.23. The molecule has 0 bridgehead atoms. The number of hydrogen-bond donors (Lipinski definition) is 2. The molecular weight excluding hydrogens is 230 g/mol. The number of ether oxygens (including phenoxy) is 2. The lowest BCUT2D eigenvalue weighted by Gasteiger charge is -2.17. The van der Waals surface area contributed by atoms with Gasteiger partial charge in [-0.15, -0.1) is 0 Å². The van der Waals surface area contributed by atoms with E-state index in [9.17, 15) is 19.8 Å². The SMILES string of the molecule is COC(=O)CC(C(=O)OC)n1c(O)ccc1O. The van der Waals surface area contributed by atoms with E-state index in [0.29, 0.717) is 0 Å². The first-order chi connectivity index (χ1) is 8.01. The third-order valence-corrected chi connectivity index (χ3v) is 2.25. The van der Waals surface area contributed by atoms with Crippen molar-refractivity contribution >= 4 is 11.9 Å². The molecule has 0 aromatic carbocycles. The molecule has 94 valence electrons. The van der Waals surface area contributed by atoms with Gasteiger partial charge in [0.15, 0.2) is 11.8 Å². The van der Waals surface area contributed by atoms with E-state index in [4.69, 9.17) is 0 Å². The summed E-state index contributed by atoms with van der Waals surface area (Å²) in [7, 11) is 2.32. The second kappa shape index (κ2) is 5.24. The van der Waals surface area contributed by atoms with Gasteiger partial charge in [-0.25, -0.2) is 4.79 Å². The van der Waals surface area contributed by atoms with Gasteiger partial charge in [-0.1, -0.05) is 0 Å². The van der Waals surface area contributed by atoms with Crippen molar-refractivity contribution in [3.63, 3.8) is 0 Å². The van der Waals surface area contributed by atoms with E-state index >= 15 is 0 Å². The summed E-state index contributed by atoms with van der Waals surface area (Å²) < 4.78 is 9.82. The van der Waals surface area contributed by atoms with Crippen molar-refractivity contribution in [3.05, 3.63) is 12.1 Å². The highest BCUT2D eigenvalue weighted by atomic mass is 16.5. The minimum Gasteiger partial charge on any atom is -0.494 e. The molecule has 1 rings (SSSR count). The summed E-state index contributed by atoms with van der Waals surface area (Å²) in [6.45, 7) is 0. The number of aromatic hydroxyl groups is 2. The van der Waals surface area contributed by atoms with Gasteiger partial charge in [-0.05, 0) is 0 Å². The first kappa shape index (κ1) is 12.9. The molecule has 1 heterocycles. The molecule has 2 N–H and O–H groups in total. The molecule has 1 aromatic heterocycles. The molecule has 0 aliphatic rings. The number of carbonyl (C=O) groups excluding carboxylic acids is 2. The maximum Gasteiger partial charge on any atom is 0.329 e. The van der Waals surface area contributed by atoms with Crippen LogP contribution in [0.15, 0.2) is 12.1 Å². The lowest BCUT2D eigenvalue weighted by molar-refractivity contribution is -0.151. The molecule has 0 aliphatic heterocycles. The monoisotopic (exact) mass is 243 g/mol. The molecule has 7 nitrogen and oxygen atoms in total. The van der Waals surface area contributed by atoms with Gasteiger partial charge in [-0.2, -0.15) is 0 Å². The average Bonchev–Trinajstić information content (AvgIpc) is 2.65. The van der Waals surface area contributed by atoms with Crippen LogP contribution in [0, 0.1) is 0 Å². The Labute approximate surface area is 97.2 Å². The Hall–Kier alpha value is -2.18. The van der Waals surface area contributed by atoms with Crippen molar-refractivity contribution in [2.75, 3.05) is 14.2 Å². The molecule has 0 saturated carbocycles. The largest absolute Gasteiger partial charge is 0.494 e. The normalized spacial score (nSPS) is 11.9. The minimum absolute atomic E-state index is 0.346. The fourth-order valence-corrected chi connectivity index (χ4v) is 1.40. The maximum atomic E-state index is 11.5. The van der Waals surface area contributed by atoms with Crippen molar-refractivity contribution in [1.29, 1.82) is 0 Å². The first-order valence-corrected chi connectivity index (χ1v) is 4.75.